The number of aromatic nitrogens is 2. The number of benzene rings is 2. The van der Waals surface area contributed by atoms with Gasteiger partial charge in [0.2, 0.25) is 10.0 Å². The van der Waals surface area contributed by atoms with Crippen molar-refractivity contribution >= 4 is 33.1 Å². The Labute approximate surface area is 270 Å². The number of carbonyl (C=O) groups excluding carboxylic acids is 1. The van der Waals surface area contributed by atoms with Crippen LogP contribution in [0.2, 0.25) is 0 Å². The third-order valence-corrected chi connectivity index (χ3v) is 11.1. The topological polar surface area (TPSA) is 117 Å². The van der Waals surface area contributed by atoms with Crippen molar-refractivity contribution in [2.24, 2.45) is 0 Å². The summed E-state index contributed by atoms with van der Waals surface area (Å²) in [7, 11) is 1.87. The number of likely N-dealkylation sites (tertiary alicyclic amines) is 1. The molecule has 0 spiro atoms. The summed E-state index contributed by atoms with van der Waals surface area (Å²) in [4.78, 5) is 20.1. The maximum Gasteiger partial charge on any atom is 0.258 e. The van der Waals surface area contributed by atoms with E-state index in [0.717, 1.165) is 61.1 Å². The molecule has 1 atom stereocenters. The van der Waals surface area contributed by atoms with Crippen LogP contribution < -0.4 is 15.5 Å². The summed E-state index contributed by atoms with van der Waals surface area (Å²) in [6, 6.07) is 8.31. The lowest BCUT2D eigenvalue weighted by molar-refractivity contribution is 0.102. The number of nitrogens with one attached hydrogen (secondary N) is 3. The first-order valence-corrected chi connectivity index (χ1v) is 17.0. The molecule has 2 aromatic carbocycles. The van der Waals surface area contributed by atoms with Crippen LogP contribution in [0.3, 0.4) is 0 Å². The summed E-state index contributed by atoms with van der Waals surface area (Å²) in [5.74, 6) is -2.18. The maximum absolute atomic E-state index is 14.0. The number of aromatic amines is 1. The molecule has 2 aliphatic heterocycles. The quantitative estimate of drug-likeness (QED) is 0.264. The van der Waals surface area contributed by atoms with E-state index in [-0.39, 0.29) is 12.4 Å². The summed E-state index contributed by atoms with van der Waals surface area (Å²) in [6.45, 7) is 9.54. The molecule has 1 aromatic heterocycles. The first-order valence-electron chi connectivity index (χ1n) is 15.6. The predicted octanol–water partition coefficient (Wildman–Crippen LogP) is 4.27. The molecule has 3 N–H and O–H groups in total. The minimum Gasteiger partial charge on any atom is -0.383 e. The van der Waals surface area contributed by atoms with E-state index in [1.54, 1.807) is 19.9 Å². The SMILES string of the molecule is CCN(CCN(C)C)c1ccc(C(=O)Nc2n[nH]c3c2CN(S(=O)(=O)c2cc(F)cc(F)c2)C3(C)C)c(NC[C@H]2CCCN2C)c1. The second-order valence-corrected chi connectivity index (χ2v) is 14.7. The van der Waals surface area contributed by atoms with Gasteiger partial charge in [-0.15, -0.1) is 0 Å². The lowest BCUT2D eigenvalue weighted by atomic mass is 10.0. The molecule has 46 heavy (non-hydrogen) atoms. The van der Waals surface area contributed by atoms with Gasteiger partial charge in [0.25, 0.3) is 5.91 Å². The van der Waals surface area contributed by atoms with Crippen LogP contribution in [-0.2, 0) is 22.1 Å². The van der Waals surface area contributed by atoms with E-state index < -0.39 is 38.0 Å². The molecule has 0 unspecified atom stereocenters. The highest BCUT2D eigenvalue weighted by Gasteiger charge is 2.48. The van der Waals surface area contributed by atoms with Gasteiger partial charge in [0.05, 0.1) is 21.7 Å². The van der Waals surface area contributed by atoms with Gasteiger partial charge in [-0.3, -0.25) is 9.89 Å². The van der Waals surface area contributed by atoms with Crippen molar-refractivity contribution in [2.45, 2.75) is 56.6 Å². The Morgan fingerprint density at radius 3 is 2.48 bits per heavy atom. The van der Waals surface area contributed by atoms with Crippen LogP contribution in [0.5, 0.6) is 0 Å². The van der Waals surface area contributed by atoms with E-state index in [1.165, 1.54) is 0 Å². The minimum atomic E-state index is -4.31. The summed E-state index contributed by atoms with van der Waals surface area (Å²) < 4.78 is 56.2. The van der Waals surface area contributed by atoms with Crippen molar-refractivity contribution in [3.8, 4) is 0 Å². The zero-order chi connectivity index (χ0) is 33.4. The van der Waals surface area contributed by atoms with Gasteiger partial charge >= 0.3 is 0 Å². The number of anilines is 3. The molecule has 1 fully saturated rings. The third kappa shape index (κ3) is 6.75. The van der Waals surface area contributed by atoms with Crippen molar-refractivity contribution in [1.29, 1.82) is 0 Å². The summed E-state index contributed by atoms with van der Waals surface area (Å²) in [5, 5.41) is 13.6. The van der Waals surface area contributed by atoms with Gasteiger partial charge in [-0.2, -0.15) is 9.40 Å². The number of halogens is 2. The fourth-order valence-corrected chi connectivity index (χ4v) is 8.06. The first-order chi connectivity index (χ1) is 21.7. The van der Waals surface area contributed by atoms with Gasteiger partial charge in [-0.05, 0) is 91.6 Å². The van der Waals surface area contributed by atoms with Crippen molar-refractivity contribution in [3.05, 3.63) is 64.9 Å². The van der Waals surface area contributed by atoms with E-state index in [0.29, 0.717) is 41.2 Å². The van der Waals surface area contributed by atoms with Crippen LogP contribution >= 0.6 is 0 Å². The summed E-state index contributed by atoms with van der Waals surface area (Å²) in [5.41, 5.74) is 1.97. The fourth-order valence-electron chi connectivity index (χ4n) is 6.29. The van der Waals surface area contributed by atoms with E-state index in [2.05, 4.69) is 49.5 Å². The Morgan fingerprint density at radius 2 is 1.85 bits per heavy atom. The highest BCUT2D eigenvalue weighted by atomic mass is 32.2. The Kier molecular flexibility index (Phi) is 9.73. The van der Waals surface area contributed by atoms with Crippen LogP contribution in [0.15, 0.2) is 41.3 Å². The molecule has 5 rings (SSSR count). The van der Waals surface area contributed by atoms with Crippen LogP contribution in [0.25, 0.3) is 0 Å². The number of nitrogens with zero attached hydrogens (tertiary/aromatic N) is 5. The van der Waals surface area contributed by atoms with E-state index in [4.69, 9.17) is 0 Å². The average Bonchev–Trinajstić information content (AvgIpc) is 3.66. The molecule has 3 heterocycles. The number of hydrogen-bond acceptors (Lipinski definition) is 8. The standard InChI is InChI=1S/C32H44F2N8O3S/c1-7-41(14-13-39(4)5)23-10-11-26(28(18-23)35-19-24-9-8-12-40(24)6)31(43)36-30-27-20-42(32(2,3)29(27)37-38-30)46(44,45)25-16-21(33)15-22(34)17-25/h10-11,15-18,24,35H,7-9,12-14,19-20H2,1-6H3,(H2,36,37,38,43)/t24-/m1/s1. The smallest absolute Gasteiger partial charge is 0.258 e. The van der Waals surface area contributed by atoms with Gasteiger partial charge in [0.1, 0.15) is 11.6 Å². The molecule has 14 heteroatoms. The monoisotopic (exact) mass is 658 g/mol. The molecule has 0 radical (unpaired) electrons. The lowest BCUT2D eigenvalue weighted by Gasteiger charge is -2.30. The second kappa shape index (κ2) is 13.3. The first kappa shape index (κ1) is 33.8. The average molecular weight is 659 g/mol. The van der Waals surface area contributed by atoms with E-state index in [1.807, 2.05) is 26.2 Å². The van der Waals surface area contributed by atoms with E-state index in [9.17, 15) is 22.0 Å². The number of hydrogen-bond donors (Lipinski definition) is 3. The Hall–Kier alpha value is -3.59. The molecule has 11 nitrogen and oxygen atoms in total. The number of carbonyl (C=O) groups is 1. The molecular weight excluding hydrogens is 614 g/mol. The highest BCUT2D eigenvalue weighted by molar-refractivity contribution is 7.89. The molecule has 0 bridgehead atoms. The highest BCUT2D eigenvalue weighted by Crippen LogP contribution is 2.44. The number of fused-ring (bicyclic) bond motifs is 1. The zero-order valence-corrected chi connectivity index (χ0v) is 28.1. The summed E-state index contributed by atoms with van der Waals surface area (Å²) >= 11 is 0. The number of likely N-dealkylation sites (N-methyl/N-ethyl adjacent to an activating group) is 3. The largest absolute Gasteiger partial charge is 0.383 e. The van der Waals surface area contributed by atoms with Crippen LogP contribution in [-0.4, -0.2) is 98.5 Å². The molecule has 1 saturated heterocycles. The van der Waals surface area contributed by atoms with Crippen LogP contribution in [0, 0.1) is 11.6 Å². The van der Waals surface area contributed by atoms with Gasteiger partial charge in [-0.1, -0.05) is 0 Å². The normalized spacial score (nSPS) is 18.2. The van der Waals surface area contributed by atoms with Crippen molar-refractivity contribution in [3.63, 3.8) is 0 Å². The van der Waals surface area contributed by atoms with Gasteiger partial charge in [0, 0.05) is 61.8 Å². The van der Waals surface area contributed by atoms with Crippen molar-refractivity contribution in [2.75, 3.05) is 69.4 Å². The van der Waals surface area contributed by atoms with E-state index >= 15 is 0 Å². The number of sulfonamides is 1. The molecule has 1 amide bonds. The minimum absolute atomic E-state index is 0.149. The molecule has 2 aliphatic rings. The molecule has 0 saturated carbocycles. The third-order valence-electron chi connectivity index (χ3n) is 9.07. The van der Waals surface area contributed by atoms with Gasteiger partial charge < -0.3 is 25.3 Å². The van der Waals surface area contributed by atoms with Crippen LogP contribution in [0.4, 0.5) is 26.0 Å². The zero-order valence-electron chi connectivity index (χ0n) is 27.3. The Balaban J connectivity index is 1.41. The second-order valence-electron chi connectivity index (χ2n) is 12.8. The van der Waals surface area contributed by atoms with Gasteiger partial charge in [-0.25, -0.2) is 17.2 Å². The van der Waals surface area contributed by atoms with Gasteiger partial charge in [0.15, 0.2) is 5.82 Å². The van der Waals surface area contributed by atoms with Crippen molar-refractivity contribution in [1.82, 2.24) is 24.3 Å². The lowest BCUT2D eigenvalue weighted by Crippen LogP contribution is -2.40. The molecule has 250 valence electrons. The maximum atomic E-state index is 14.0. The Morgan fingerprint density at radius 1 is 1.13 bits per heavy atom. The number of amides is 1. The molecular formula is C32H44F2N8O3S. The van der Waals surface area contributed by atoms with Crippen LogP contribution in [0.1, 0.15) is 55.2 Å². The number of rotatable bonds is 12. The Bertz CT molecular complexity index is 1670. The molecule has 0 aliphatic carbocycles. The van der Waals surface area contributed by atoms with Crippen molar-refractivity contribution < 1.29 is 22.0 Å². The molecule has 3 aromatic rings. The fraction of sp³-hybridized carbons (Fsp3) is 0.500. The number of H-pyrrole nitrogens is 1. The summed E-state index contributed by atoms with van der Waals surface area (Å²) in [6.07, 6.45) is 2.21. The predicted molar refractivity (Wildman–Crippen MR) is 176 cm³/mol.